The van der Waals surface area contributed by atoms with Crippen molar-refractivity contribution in [2.75, 3.05) is 30.3 Å². The summed E-state index contributed by atoms with van der Waals surface area (Å²) >= 11 is 5.89. The highest BCUT2D eigenvalue weighted by Crippen LogP contribution is 2.25. The zero-order valence-electron chi connectivity index (χ0n) is 14.6. The second-order valence-electron chi connectivity index (χ2n) is 6.56. The fraction of sp³-hybridized carbons (Fsp3) is 0.316. The van der Waals surface area contributed by atoms with Crippen molar-refractivity contribution in [3.8, 4) is 5.75 Å². The van der Waals surface area contributed by atoms with Crippen LogP contribution in [0, 0.1) is 0 Å². The predicted molar refractivity (Wildman–Crippen MR) is 102 cm³/mol. The van der Waals surface area contributed by atoms with Crippen LogP contribution >= 0.6 is 11.6 Å². The molecule has 140 valence electrons. The Balaban J connectivity index is 1.36. The number of carbonyl (C=O) groups is 2. The number of nitrogens with zero attached hydrogens (tertiary/aromatic N) is 2. The first kappa shape index (κ1) is 17.6. The first-order valence-corrected chi connectivity index (χ1v) is 9.22. The van der Waals surface area contributed by atoms with Gasteiger partial charge in [0, 0.05) is 31.0 Å². The van der Waals surface area contributed by atoms with Gasteiger partial charge in [-0.05, 0) is 36.4 Å². The molecule has 2 aliphatic rings. The number of hydrogen-bond donors (Lipinski definition) is 2. The van der Waals surface area contributed by atoms with E-state index in [-0.39, 0.29) is 24.5 Å². The third-order valence-corrected chi connectivity index (χ3v) is 4.90. The smallest absolute Gasteiger partial charge is 0.272 e. The van der Waals surface area contributed by atoms with Gasteiger partial charge < -0.3 is 20.3 Å². The highest BCUT2D eigenvalue weighted by molar-refractivity contribution is 6.30. The molecule has 4 rings (SSSR count). The lowest BCUT2D eigenvalue weighted by molar-refractivity contribution is -0.114. The Labute approximate surface area is 161 Å². The molecule has 7 nitrogen and oxygen atoms in total. The highest BCUT2D eigenvalue weighted by atomic mass is 35.5. The second-order valence-corrected chi connectivity index (χ2v) is 6.99. The van der Waals surface area contributed by atoms with Gasteiger partial charge >= 0.3 is 0 Å². The largest absolute Gasteiger partial charge is 0.490 e. The van der Waals surface area contributed by atoms with Crippen molar-refractivity contribution >= 4 is 34.9 Å². The minimum atomic E-state index is -0.119. The number of ether oxygens (including phenoxy) is 1. The summed E-state index contributed by atoms with van der Waals surface area (Å²) in [5, 5.41) is 6.33. The van der Waals surface area contributed by atoms with Crippen LogP contribution in [0.25, 0.3) is 0 Å². The Bertz CT molecular complexity index is 864. The van der Waals surface area contributed by atoms with Gasteiger partial charge in [-0.25, -0.2) is 4.98 Å². The quantitative estimate of drug-likeness (QED) is 0.847. The van der Waals surface area contributed by atoms with E-state index in [9.17, 15) is 9.59 Å². The van der Waals surface area contributed by atoms with E-state index in [0.29, 0.717) is 35.3 Å². The average Bonchev–Trinajstić information content (AvgIpc) is 2.69. The normalized spacial score (nSPS) is 16.9. The number of nitrogens with one attached hydrogen (secondary N) is 2. The molecule has 1 aromatic heterocycles. The van der Waals surface area contributed by atoms with Gasteiger partial charge in [-0.1, -0.05) is 11.6 Å². The summed E-state index contributed by atoms with van der Waals surface area (Å²) in [7, 11) is 0. The Morgan fingerprint density at radius 2 is 1.89 bits per heavy atom. The second kappa shape index (κ2) is 7.44. The lowest BCUT2D eigenvalue weighted by Crippen LogP contribution is -2.42. The van der Waals surface area contributed by atoms with E-state index in [4.69, 9.17) is 16.3 Å². The summed E-state index contributed by atoms with van der Waals surface area (Å²) in [5.74, 6) is 1.09. The summed E-state index contributed by atoms with van der Waals surface area (Å²) in [6.07, 6.45) is 1.59. The Hall–Kier alpha value is -2.80. The van der Waals surface area contributed by atoms with Gasteiger partial charge in [-0.3, -0.25) is 9.59 Å². The number of aromatic nitrogens is 1. The number of likely N-dealkylation sites (tertiary alicyclic amines) is 1. The van der Waals surface area contributed by atoms with Crippen molar-refractivity contribution in [1.82, 2.24) is 9.88 Å². The molecule has 2 aromatic rings. The first-order valence-electron chi connectivity index (χ1n) is 8.85. The van der Waals surface area contributed by atoms with Gasteiger partial charge in [0.1, 0.15) is 17.5 Å². The number of hydrogen-bond acceptors (Lipinski definition) is 5. The molecule has 8 heteroatoms. The maximum Gasteiger partial charge on any atom is 0.272 e. The number of rotatable bonds is 3. The van der Waals surface area contributed by atoms with E-state index in [1.807, 2.05) is 12.1 Å². The molecule has 2 N–H and O–H groups in total. The highest BCUT2D eigenvalue weighted by Gasteiger charge is 2.26. The molecular weight excluding hydrogens is 368 g/mol. The summed E-state index contributed by atoms with van der Waals surface area (Å²) in [6, 6.07) is 10.6. The molecule has 0 atom stereocenters. The molecule has 1 aromatic carbocycles. The van der Waals surface area contributed by atoms with Crippen LogP contribution in [-0.4, -0.2) is 47.4 Å². The van der Waals surface area contributed by atoms with E-state index in [2.05, 4.69) is 15.6 Å². The number of amides is 2. The van der Waals surface area contributed by atoms with Gasteiger partial charge in [0.2, 0.25) is 5.91 Å². The number of fused-ring (bicyclic) bond motifs is 1. The molecule has 2 amide bonds. The topological polar surface area (TPSA) is 83.6 Å². The molecule has 0 radical (unpaired) electrons. The third-order valence-electron chi connectivity index (χ3n) is 4.65. The van der Waals surface area contributed by atoms with Crippen molar-refractivity contribution < 1.29 is 14.3 Å². The van der Waals surface area contributed by atoms with Crippen molar-refractivity contribution in [1.29, 1.82) is 0 Å². The maximum atomic E-state index is 12.7. The molecular formula is C19H19ClN4O3. The molecule has 0 saturated carbocycles. The maximum absolute atomic E-state index is 12.7. The molecule has 0 aliphatic carbocycles. The van der Waals surface area contributed by atoms with Crippen molar-refractivity contribution in [2.24, 2.45) is 0 Å². The van der Waals surface area contributed by atoms with Crippen LogP contribution < -0.4 is 15.4 Å². The zero-order valence-corrected chi connectivity index (χ0v) is 15.3. The van der Waals surface area contributed by atoms with E-state index in [1.165, 1.54) is 0 Å². The van der Waals surface area contributed by atoms with Crippen LogP contribution in [0.2, 0.25) is 5.02 Å². The number of piperidine rings is 1. The fourth-order valence-corrected chi connectivity index (χ4v) is 3.34. The van der Waals surface area contributed by atoms with Gasteiger partial charge in [0.05, 0.1) is 12.2 Å². The summed E-state index contributed by atoms with van der Waals surface area (Å²) in [6.45, 7) is 1.38. The van der Waals surface area contributed by atoms with Crippen LogP contribution in [0.5, 0.6) is 5.75 Å². The fourth-order valence-electron chi connectivity index (χ4n) is 3.22. The number of anilines is 2. The standard InChI is InChI=1S/C19H19ClN4O3/c20-12-1-3-13(4-2-12)27-14-7-9-24(10-8-14)19(26)16-6-5-15-18(23-16)21-11-17(25)22-15/h1-6,14H,7-11H2,(H,21,23)(H,22,25). The monoisotopic (exact) mass is 386 g/mol. The summed E-state index contributed by atoms with van der Waals surface area (Å²) in [5.41, 5.74) is 0.965. The van der Waals surface area contributed by atoms with Crippen molar-refractivity contribution in [2.45, 2.75) is 18.9 Å². The Kier molecular flexibility index (Phi) is 4.85. The molecule has 2 aliphatic heterocycles. The SMILES string of the molecule is O=C1CNc2nc(C(=O)N3CCC(Oc4ccc(Cl)cc4)CC3)ccc2N1. The van der Waals surface area contributed by atoms with Crippen LogP contribution in [0.1, 0.15) is 23.3 Å². The lowest BCUT2D eigenvalue weighted by atomic mass is 10.1. The van der Waals surface area contributed by atoms with Gasteiger partial charge in [0.15, 0.2) is 5.82 Å². The number of carbonyl (C=O) groups excluding carboxylic acids is 2. The predicted octanol–water partition coefficient (Wildman–Crippen LogP) is 2.78. The van der Waals surface area contributed by atoms with Crippen molar-refractivity contribution in [3.63, 3.8) is 0 Å². The Morgan fingerprint density at radius 1 is 1.15 bits per heavy atom. The minimum Gasteiger partial charge on any atom is -0.490 e. The van der Waals surface area contributed by atoms with Crippen LogP contribution in [0.3, 0.4) is 0 Å². The number of pyridine rings is 1. The molecule has 0 unspecified atom stereocenters. The van der Waals surface area contributed by atoms with Crippen LogP contribution in [0.15, 0.2) is 36.4 Å². The molecule has 1 fully saturated rings. The molecule has 27 heavy (non-hydrogen) atoms. The van der Waals surface area contributed by atoms with Gasteiger partial charge in [-0.15, -0.1) is 0 Å². The molecule has 3 heterocycles. The third kappa shape index (κ3) is 3.98. The van der Waals surface area contributed by atoms with E-state index < -0.39 is 0 Å². The average molecular weight is 387 g/mol. The van der Waals surface area contributed by atoms with Crippen molar-refractivity contribution in [3.05, 3.63) is 47.1 Å². The van der Waals surface area contributed by atoms with E-state index >= 15 is 0 Å². The molecule has 0 spiro atoms. The van der Waals surface area contributed by atoms with Crippen LogP contribution in [0.4, 0.5) is 11.5 Å². The number of halogens is 1. The lowest BCUT2D eigenvalue weighted by Gasteiger charge is -2.32. The van der Waals surface area contributed by atoms with Gasteiger partial charge in [0.25, 0.3) is 5.91 Å². The summed E-state index contributed by atoms with van der Waals surface area (Å²) < 4.78 is 5.97. The van der Waals surface area contributed by atoms with Crippen LogP contribution in [-0.2, 0) is 4.79 Å². The minimum absolute atomic E-state index is 0.0728. The number of benzene rings is 1. The van der Waals surface area contributed by atoms with E-state index in [1.54, 1.807) is 29.2 Å². The molecule has 1 saturated heterocycles. The zero-order chi connectivity index (χ0) is 18.8. The van der Waals surface area contributed by atoms with E-state index in [0.717, 1.165) is 18.6 Å². The first-order chi connectivity index (χ1) is 13.1. The Morgan fingerprint density at radius 3 is 2.63 bits per heavy atom. The van der Waals surface area contributed by atoms with Gasteiger partial charge in [-0.2, -0.15) is 0 Å². The summed E-state index contributed by atoms with van der Waals surface area (Å²) in [4.78, 5) is 30.3. The molecule has 0 bridgehead atoms.